The highest BCUT2D eigenvalue weighted by Crippen LogP contribution is 2.17. The van der Waals surface area contributed by atoms with Gasteiger partial charge < -0.3 is 9.26 Å². The smallest absolute Gasteiger partial charge is 0.339 e. The van der Waals surface area contributed by atoms with Crippen LogP contribution in [0, 0.1) is 6.92 Å². The maximum absolute atomic E-state index is 11.9. The second-order valence-electron chi connectivity index (χ2n) is 4.28. The largest absolute Gasteiger partial charge is 0.454 e. The van der Waals surface area contributed by atoms with E-state index < -0.39 is 15.8 Å². The number of ether oxygens (including phenoxy) is 1. The molecule has 7 heteroatoms. The fourth-order valence-electron chi connectivity index (χ4n) is 1.66. The molecule has 6 nitrogen and oxygen atoms in total. The summed E-state index contributed by atoms with van der Waals surface area (Å²) in [5.74, 6) is -0.326. The predicted octanol–water partition coefficient (Wildman–Crippen LogP) is 1.74. The molecule has 20 heavy (non-hydrogen) atoms. The highest BCUT2D eigenvalue weighted by Gasteiger charge is 2.19. The molecule has 0 saturated heterocycles. The van der Waals surface area contributed by atoms with Gasteiger partial charge in [-0.1, -0.05) is 17.3 Å². The number of rotatable bonds is 4. The van der Waals surface area contributed by atoms with Gasteiger partial charge in [0.25, 0.3) is 0 Å². The van der Waals surface area contributed by atoms with Gasteiger partial charge in [0.05, 0.1) is 16.2 Å². The van der Waals surface area contributed by atoms with E-state index in [9.17, 15) is 13.2 Å². The van der Waals surface area contributed by atoms with E-state index in [1.54, 1.807) is 25.1 Å². The van der Waals surface area contributed by atoms with Crippen LogP contribution in [0.2, 0.25) is 0 Å². The second-order valence-corrected chi connectivity index (χ2v) is 6.26. The molecule has 0 aliphatic carbocycles. The summed E-state index contributed by atoms with van der Waals surface area (Å²) in [6.07, 6.45) is 1.04. The fraction of sp³-hybridized carbons (Fsp3) is 0.231. The van der Waals surface area contributed by atoms with Crippen LogP contribution in [0.4, 0.5) is 0 Å². The molecule has 1 heterocycles. The molecule has 106 valence electrons. The number of sulfone groups is 1. The monoisotopic (exact) mass is 295 g/mol. The fourth-order valence-corrected chi connectivity index (χ4v) is 2.53. The lowest BCUT2D eigenvalue weighted by atomic mass is 10.2. The summed E-state index contributed by atoms with van der Waals surface area (Å²) in [5.41, 5.74) is 0.679. The van der Waals surface area contributed by atoms with Crippen molar-refractivity contribution in [1.82, 2.24) is 5.16 Å². The van der Waals surface area contributed by atoms with Crippen LogP contribution in [0.5, 0.6) is 0 Å². The van der Waals surface area contributed by atoms with Gasteiger partial charge in [0.2, 0.25) is 0 Å². The molecule has 1 aromatic carbocycles. The van der Waals surface area contributed by atoms with Crippen molar-refractivity contribution in [2.75, 3.05) is 6.26 Å². The lowest BCUT2D eigenvalue weighted by molar-refractivity contribution is 0.0433. The molecule has 0 bridgehead atoms. The standard InChI is InChI=1S/C13H13NO5S/c1-9-7-10(19-14-9)8-18-13(15)11-5-3-4-6-12(11)20(2,16)17/h3-7H,8H2,1-2H3. The first-order valence-corrected chi connectivity index (χ1v) is 7.65. The summed E-state index contributed by atoms with van der Waals surface area (Å²) in [7, 11) is -3.49. The van der Waals surface area contributed by atoms with Crippen LogP contribution < -0.4 is 0 Å². The molecule has 0 fully saturated rings. The van der Waals surface area contributed by atoms with Crippen molar-refractivity contribution in [2.45, 2.75) is 18.4 Å². The zero-order valence-electron chi connectivity index (χ0n) is 11.0. The van der Waals surface area contributed by atoms with E-state index in [2.05, 4.69) is 5.16 Å². The van der Waals surface area contributed by atoms with Gasteiger partial charge in [-0.15, -0.1) is 0 Å². The quantitative estimate of drug-likeness (QED) is 0.799. The highest BCUT2D eigenvalue weighted by atomic mass is 32.2. The molecular formula is C13H13NO5S. The second kappa shape index (κ2) is 5.46. The minimum absolute atomic E-state index is 0.00578. The third kappa shape index (κ3) is 3.24. The molecular weight excluding hydrogens is 282 g/mol. The normalized spacial score (nSPS) is 11.3. The van der Waals surface area contributed by atoms with Crippen LogP contribution in [0.15, 0.2) is 39.8 Å². The summed E-state index contributed by atoms with van der Waals surface area (Å²) in [6.45, 7) is 1.64. The van der Waals surface area contributed by atoms with Gasteiger partial charge in [-0.2, -0.15) is 0 Å². The van der Waals surface area contributed by atoms with E-state index in [0.717, 1.165) is 6.26 Å². The van der Waals surface area contributed by atoms with Crippen LogP contribution >= 0.6 is 0 Å². The molecule has 0 atom stereocenters. The van der Waals surface area contributed by atoms with Gasteiger partial charge in [0.1, 0.15) is 0 Å². The van der Waals surface area contributed by atoms with E-state index >= 15 is 0 Å². The SMILES string of the molecule is Cc1cc(COC(=O)c2ccccc2S(C)(=O)=O)on1. The van der Waals surface area contributed by atoms with Crippen LogP contribution in [0.3, 0.4) is 0 Å². The summed E-state index contributed by atoms with van der Waals surface area (Å²) >= 11 is 0. The first-order chi connectivity index (χ1) is 9.38. The molecule has 0 amide bonds. The van der Waals surface area contributed by atoms with Crippen molar-refractivity contribution in [3.63, 3.8) is 0 Å². The molecule has 0 saturated carbocycles. The van der Waals surface area contributed by atoms with Crippen molar-refractivity contribution in [2.24, 2.45) is 0 Å². The van der Waals surface area contributed by atoms with E-state index in [4.69, 9.17) is 9.26 Å². The number of nitrogens with zero attached hydrogens (tertiary/aromatic N) is 1. The van der Waals surface area contributed by atoms with Crippen molar-refractivity contribution in [1.29, 1.82) is 0 Å². The van der Waals surface area contributed by atoms with Gasteiger partial charge in [0, 0.05) is 12.3 Å². The number of hydrogen-bond donors (Lipinski definition) is 0. The van der Waals surface area contributed by atoms with Gasteiger partial charge in [-0.05, 0) is 19.1 Å². The Balaban J connectivity index is 2.18. The van der Waals surface area contributed by atoms with Crippen LogP contribution in [0.1, 0.15) is 21.8 Å². The van der Waals surface area contributed by atoms with Crippen molar-refractivity contribution in [3.05, 3.63) is 47.3 Å². The number of carbonyl (C=O) groups is 1. The first-order valence-electron chi connectivity index (χ1n) is 5.76. The average molecular weight is 295 g/mol. The lowest BCUT2D eigenvalue weighted by Gasteiger charge is -2.06. The number of aryl methyl sites for hydroxylation is 1. The first kappa shape index (κ1) is 14.3. The Morgan fingerprint density at radius 3 is 2.65 bits per heavy atom. The summed E-state index contributed by atoms with van der Waals surface area (Å²) < 4.78 is 33.1. The van der Waals surface area contributed by atoms with E-state index in [-0.39, 0.29) is 17.1 Å². The molecule has 2 rings (SSSR count). The molecule has 0 aliphatic heterocycles. The maximum atomic E-state index is 11.9. The van der Waals surface area contributed by atoms with Gasteiger partial charge in [-0.25, -0.2) is 13.2 Å². The molecule has 0 aliphatic rings. The topological polar surface area (TPSA) is 86.5 Å². The van der Waals surface area contributed by atoms with Crippen molar-refractivity contribution in [3.8, 4) is 0 Å². The van der Waals surface area contributed by atoms with Gasteiger partial charge >= 0.3 is 5.97 Å². The molecule has 2 aromatic rings. The van der Waals surface area contributed by atoms with Gasteiger partial charge in [0.15, 0.2) is 22.2 Å². The van der Waals surface area contributed by atoms with Crippen LogP contribution in [-0.2, 0) is 21.2 Å². The molecule has 0 N–H and O–H groups in total. The molecule has 1 aromatic heterocycles. The lowest BCUT2D eigenvalue weighted by Crippen LogP contribution is -2.11. The molecule has 0 radical (unpaired) electrons. The Hall–Kier alpha value is -2.15. The minimum Gasteiger partial charge on any atom is -0.454 e. The Labute approximate surface area is 116 Å². The van der Waals surface area contributed by atoms with E-state index in [0.29, 0.717) is 11.5 Å². The third-order valence-corrected chi connectivity index (χ3v) is 3.68. The van der Waals surface area contributed by atoms with Crippen molar-refractivity contribution < 1.29 is 22.5 Å². The maximum Gasteiger partial charge on any atom is 0.339 e. The number of benzene rings is 1. The van der Waals surface area contributed by atoms with E-state index in [1.807, 2.05) is 0 Å². The average Bonchev–Trinajstić information content (AvgIpc) is 2.81. The summed E-state index contributed by atoms with van der Waals surface area (Å²) in [5, 5.41) is 3.66. The summed E-state index contributed by atoms with van der Waals surface area (Å²) in [6, 6.07) is 7.53. The molecule has 0 spiro atoms. The van der Waals surface area contributed by atoms with Crippen LogP contribution in [0.25, 0.3) is 0 Å². The number of aromatic nitrogens is 1. The zero-order chi connectivity index (χ0) is 14.8. The van der Waals surface area contributed by atoms with Gasteiger partial charge in [-0.3, -0.25) is 0 Å². The Morgan fingerprint density at radius 1 is 1.35 bits per heavy atom. The van der Waals surface area contributed by atoms with Crippen LogP contribution in [-0.4, -0.2) is 25.8 Å². The Morgan fingerprint density at radius 2 is 2.05 bits per heavy atom. The zero-order valence-corrected chi connectivity index (χ0v) is 11.8. The van der Waals surface area contributed by atoms with E-state index in [1.165, 1.54) is 12.1 Å². The number of hydrogen-bond acceptors (Lipinski definition) is 6. The van der Waals surface area contributed by atoms with Crippen molar-refractivity contribution >= 4 is 15.8 Å². The Bertz CT molecular complexity index is 733. The Kier molecular flexibility index (Phi) is 3.89. The molecule has 0 unspecified atom stereocenters. The summed E-state index contributed by atoms with van der Waals surface area (Å²) in [4.78, 5) is 11.9. The highest BCUT2D eigenvalue weighted by molar-refractivity contribution is 7.90. The number of esters is 1. The predicted molar refractivity (Wildman–Crippen MR) is 69.9 cm³/mol. The minimum atomic E-state index is -3.49. The number of carbonyl (C=O) groups excluding carboxylic acids is 1. The third-order valence-electron chi connectivity index (χ3n) is 2.53.